The van der Waals surface area contributed by atoms with Crippen LogP contribution in [0.2, 0.25) is 5.15 Å². The smallest absolute Gasteiger partial charge is 0.325 e. The van der Waals surface area contributed by atoms with Crippen molar-refractivity contribution in [1.29, 1.82) is 0 Å². The lowest BCUT2D eigenvalue weighted by Crippen LogP contribution is -2.19. The van der Waals surface area contributed by atoms with Gasteiger partial charge in [-0.05, 0) is 11.6 Å². The van der Waals surface area contributed by atoms with E-state index in [4.69, 9.17) is 22.4 Å². The van der Waals surface area contributed by atoms with Crippen molar-refractivity contribution in [2.75, 3.05) is 0 Å². The zero-order valence-electron chi connectivity index (χ0n) is 5.54. The number of aliphatic carboxylic acids is 1. The summed E-state index contributed by atoms with van der Waals surface area (Å²) in [5.74, 6) is -1.07. The molecular formula is C6H7ClN2O2. The van der Waals surface area contributed by atoms with Crippen LogP contribution in [0.5, 0.6) is 0 Å². The molecule has 1 unspecified atom stereocenters. The molecule has 11 heavy (non-hydrogen) atoms. The van der Waals surface area contributed by atoms with E-state index in [0.29, 0.717) is 10.7 Å². The van der Waals surface area contributed by atoms with Gasteiger partial charge in [-0.25, -0.2) is 0 Å². The molecular weight excluding hydrogens is 168 g/mol. The molecule has 0 bridgehead atoms. The number of hydrogen-bond acceptors (Lipinski definition) is 2. The first kappa shape index (κ1) is 8.10. The molecule has 0 saturated carbocycles. The van der Waals surface area contributed by atoms with Gasteiger partial charge in [-0.1, -0.05) is 11.6 Å². The van der Waals surface area contributed by atoms with Crippen molar-refractivity contribution in [1.82, 2.24) is 4.98 Å². The maximum absolute atomic E-state index is 10.3. The standard InChI is InChI=1S/C6H7ClN2O2/c7-4-1-3(2-9-4)5(8)6(10)11/h1-2,5,9H,8H2,(H,10,11). The molecule has 0 saturated heterocycles. The van der Waals surface area contributed by atoms with Crippen LogP contribution in [0.25, 0.3) is 0 Å². The number of carbonyl (C=O) groups is 1. The van der Waals surface area contributed by atoms with Gasteiger partial charge in [0.25, 0.3) is 0 Å². The average Bonchev–Trinajstić information content (AvgIpc) is 2.34. The molecule has 1 heterocycles. The number of aromatic amines is 1. The number of carboxylic acid groups (broad SMARTS) is 1. The van der Waals surface area contributed by atoms with Crippen molar-refractivity contribution in [3.05, 3.63) is 23.0 Å². The predicted octanol–water partition coefficient (Wildman–Crippen LogP) is 0.752. The lowest BCUT2D eigenvalue weighted by Gasteiger charge is -2.00. The third kappa shape index (κ3) is 1.72. The number of H-pyrrole nitrogens is 1. The van der Waals surface area contributed by atoms with Crippen LogP contribution in [-0.4, -0.2) is 16.1 Å². The first-order chi connectivity index (χ1) is 5.11. The number of hydrogen-bond donors (Lipinski definition) is 3. The summed E-state index contributed by atoms with van der Waals surface area (Å²) >= 11 is 5.51. The van der Waals surface area contributed by atoms with E-state index in [1.54, 1.807) is 0 Å². The Bertz CT molecular complexity index is 271. The fraction of sp³-hybridized carbons (Fsp3) is 0.167. The molecule has 60 valence electrons. The topological polar surface area (TPSA) is 79.1 Å². The van der Waals surface area contributed by atoms with E-state index in [0.717, 1.165) is 0 Å². The van der Waals surface area contributed by atoms with Gasteiger partial charge in [0, 0.05) is 6.20 Å². The van der Waals surface area contributed by atoms with Crippen LogP contribution in [0.3, 0.4) is 0 Å². The van der Waals surface area contributed by atoms with Gasteiger partial charge >= 0.3 is 5.97 Å². The Hall–Kier alpha value is -1.00. The normalized spacial score (nSPS) is 12.9. The van der Waals surface area contributed by atoms with E-state index in [9.17, 15) is 4.79 Å². The largest absolute Gasteiger partial charge is 0.480 e. The molecule has 1 aromatic heterocycles. The Morgan fingerprint density at radius 2 is 2.45 bits per heavy atom. The highest BCUT2D eigenvalue weighted by atomic mass is 35.5. The van der Waals surface area contributed by atoms with E-state index >= 15 is 0 Å². The summed E-state index contributed by atoms with van der Waals surface area (Å²) in [5, 5.41) is 8.85. The minimum atomic E-state index is -1.07. The van der Waals surface area contributed by atoms with Crippen molar-refractivity contribution in [2.45, 2.75) is 6.04 Å². The third-order valence-corrected chi connectivity index (χ3v) is 1.51. The van der Waals surface area contributed by atoms with Gasteiger partial charge in [-0.3, -0.25) is 4.79 Å². The Labute approximate surface area is 68.0 Å². The average molecular weight is 175 g/mol. The fourth-order valence-corrected chi connectivity index (χ4v) is 0.885. The second-order valence-corrected chi connectivity index (χ2v) is 2.50. The van der Waals surface area contributed by atoms with Crippen LogP contribution in [0, 0.1) is 0 Å². The van der Waals surface area contributed by atoms with Crippen molar-refractivity contribution in [3.8, 4) is 0 Å². The Kier molecular flexibility index (Phi) is 2.16. The molecule has 1 aromatic rings. The molecule has 0 fully saturated rings. The number of halogens is 1. The number of nitrogens with two attached hydrogens (primary N) is 1. The summed E-state index contributed by atoms with van der Waals surface area (Å²) in [6.45, 7) is 0. The fourth-order valence-electron chi connectivity index (χ4n) is 0.704. The minimum absolute atomic E-state index is 0.386. The lowest BCUT2D eigenvalue weighted by molar-refractivity contribution is -0.138. The highest BCUT2D eigenvalue weighted by molar-refractivity contribution is 6.29. The van der Waals surface area contributed by atoms with E-state index in [1.165, 1.54) is 12.3 Å². The number of aromatic nitrogens is 1. The molecule has 0 aliphatic heterocycles. The van der Waals surface area contributed by atoms with Gasteiger partial charge < -0.3 is 15.8 Å². The van der Waals surface area contributed by atoms with Gasteiger partial charge in [0.2, 0.25) is 0 Å². The van der Waals surface area contributed by atoms with Crippen LogP contribution in [-0.2, 0) is 4.79 Å². The Balaban J connectivity index is 2.84. The van der Waals surface area contributed by atoms with Crippen molar-refractivity contribution >= 4 is 17.6 Å². The number of carboxylic acids is 1. The van der Waals surface area contributed by atoms with Gasteiger partial charge in [0.05, 0.1) is 0 Å². The van der Waals surface area contributed by atoms with E-state index in [2.05, 4.69) is 4.98 Å². The van der Waals surface area contributed by atoms with E-state index < -0.39 is 12.0 Å². The van der Waals surface area contributed by atoms with Gasteiger partial charge in [0.1, 0.15) is 11.2 Å². The number of nitrogens with one attached hydrogen (secondary N) is 1. The third-order valence-electron chi connectivity index (χ3n) is 1.30. The summed E-state index contributed by atoms with van der Waals surface area (Å²) in [4.78, 5) is 13.0. The molecule has 0 spiro atoms. The molecule has 4 nitrogen and oxygen atoms in total. The second-order valence-electron chi connectivity index (χ2n) is 2.10. The summed E-state index contributed by atoms with van der Waals surface area (Å²) < 4.78 is 0. The summed E-state index contributed by atoms with van der Waals surface area (Å²) in [7, 11) is 0. The first-order valence-electron chi connectivity index (χ1n) is 2.93. The maximum Gasteiger partial charge on any atom is 0.325 e. The molecule has 0 radical (unpaired) electrons. The molecule has 0 amide bonds. The van der Waals surface area contributed by atoms with Crippen LogP contribution in [0.4, 0.5) is 0 Å². The molecule has 5 heteroatoms. The molecule has 1 rings (SSSR count). The van der Waals surface area contributed by atoms with Gasteiger partial charge in [0.15, 0.2) is 0 Å². The molecule has 0 aliphatic rings. The number of rotatable bonds is 2. The molecule has 1 atom stereocenters. The molecule has 0 aromatic carbocycles. The van der Waals surface area contributed by atoms with Crippen molar-refractivity contribution in [2.24, 2.45) is 5.73 Å². The van der Waals surface area contributed by atoms with Crippen molar-refractivity contribution in [3.63, 3.8) is 0 Å². The summed E-state index contributed by atoms with van der Waals surface area (Å²) in [5.41, 5.74) is 5.75. The molecule has 4 N–H and O–H groups in total. The predicted molar refractivity (Wildman–Crippen MR) is 40.4 cm³/mol. The Morgan fingerprint density at radius 1 is 1.82 bits per heavy atom. The van der Waals surface area contributed by atoms with E-state index in [1.807, 2.05) is 0 Å². The summed E-state index contributed by atoms with van der Waals surface area (Å²) in [6, 6.07) is 0.485. The first-order valence-corrected chi connectivity index (χ1v) is 3.31. The van der Waals surface area contributed by atoms with Crippen LogP contribution in [0.1, 0.15) is 11.6 Å². The highest BCUT2D eigenvalue weighted by Gasteiger charge is 2.14. The summed E-state index contributed by atoms with van der Waals surface area (Å²) in [6.07, 6.45) is 1.47. The quantitative estimate of drug-likeness (QED) is 0.619. The zero-order chi connectivity index (χ0) is 8.43. The minimum Gasteiger partial charge on any atom is -0.480 e. The van der Waals surface area contributed by atoms with Crippen LogP contribution >= 0.6 is 11.6 Å². The zero-order valence-corrected chi connectivity index (χ0v) is 6.30. The monoisotopic (exact) mass is 174 g/mol. The van der Waals surface area contributed by atoms with Crippen molar-refractivity contribution < 1.29 is 9.90 Å². The second kappa shape index (κ2) is 2.94. The Morgan fingerprint density at radius 3 is 2.82 bits per heavy atom. The lowest BCUT2D eigenvalue weighted by atomic mass is 10.2. The van der Waals surface area contributed by atoms with Crippen LogP contribution < -0.4 is 5.73 Å². The SMILES string of the molecule is NC(C(=O)O)c1c[nH]c(Cl)c1. The van der Waals surface area contributed by atoms with Crippen LogP contribution in [0.15, 0.2) is 12.3 Å². The highest BCUT2D eigenvalue weighted by Crippen LogP contribution is 2.14. The van der Waals surface area contributed by atoms with Gasteiger partial charge in [-0.15, -0.1) is 0 Å². The van der Waals surface area contributed by atoms with E-state index in [-0.39, 0.29) is 0 Å². The maximum atomic E-state index is 10.3. The van der Waals surface area contributed by atoms with Gasteiger partial charge in [-0.2, -0.15) is 0 Å². The molecule has 0 aliphatic carbocycles.